The molecule has 1 fully saturated rings. The van der Waals surface area contributed by atoms with E-state index in [2.05, 4.69) is 45.9 Å². The molecule has 8 heteroatoms. The van der Waals surface area contributed by atoms with Gasteiger partial charge in [-0.25, -0.2) is 0 Å². The first-order valence-corrected chi connectivity index (χ1v) is 12.1. The summed E-state index contributed by atoms with van der Waals surface area (Å²) in [6, 6.07) is 13.8. The van der Waals surface area contributed by atoms with Crippen LogP contribution in [-0.2, 0) is 11.4 Å². The number of nitrogens with zero attached hydrogens (tertiary/aromatic N) is 3. The molecule has 170 valence electrons. The maximum atomic E-state index is 6.61. The third kappa shape index (κ3) is 4.80. The maximum Gasteiger partial charge on any atom is 0.207 e. The molecule has 5 nitrogen and oxygen atoms in total. The Hall–Kier alpha value is -1.70. The van der Waals surface area contributed by atoms with Crippen LogP contribution in [0, 0.1) is 4.77 Å². The molecule has 1 saturated heterocycles. The Morgan fingerprint density at radius 1 is 1.12 bits per heavy atom. The molecule has 0 bridgehead atoms. The Morgan fingerprint density at radius 3 is 2.47 bits per heavy atom. The van der Waals surface area contributed by atoms with E-state index in [4.69, 9.17) is 45.3 Å². The fourth-order valence-corrected chi connectivity index (χ4v) is 5.27. The van der Waals surface area contributed by atoms with Gasteiger partial charge in [-0.15, -0.1) is 5.10 Å². The number of morpholine rings is 1. The van der Waals surface area contributed by atoms with Crippen molar-refractivity contribution < 1.29 is 9.64 Å². The fourth-order valence-electron chi connectivity index (χ4n) is 4.48. The molecule has 1 aliphatic rings. The van der Waals surface area contributed by atoms with Gasteiger partial charge in [0.2, 0.25) is 4.77 Å². The van der Waals surface area contributed by atoms with Gasteiger partial charge in [0, 0.05) is 10.6 Å². The number of quaternary nitrogens is 1. The Labute approximate surface area is 204 Å². The van der Waals surface area contributed by atoms with Crippen LogP contribution < -0.4 is 4.90 Å². The van der Waals surface area contributed by atoms with Crippen LogP contribution in [0.3, 0.4) is 0 Å². The van der Waals surface area contributed by atoms with Gasteiger partial charge in [-0.05, 0) is 61.8 Å². The molecule has 4 rings (SSSR count). The summed E-state index contributed by atoms with van der Waals surface area (Å²) in [6.45, 7) is 11.1. The molecule has 1 aliphatic heterocycles. The van der Waals surface area contributed by atoms with Gasteiger partial charge in [-0.3, -0.25) is 4.57 Å². The standard InChI is InChI=1S/C24H28Cl2N4OS/c1-15(2)19-7-5-6-8-22(19)30-23(20-10-9-18(25)11-21(20)26)27-29(24(30)32)14-28-12-16(3)31-17(4)13-28/h5-11,15-17H,12-14H2,1-4H3/p+1/t16-,17-/m1/s1. The highest BCUT2D eigenvalue weighted by molar-refractivity contribution is 7.71. The Kier molecular flexibility index (Phi) is 7.08. The molecule has 0 radical (unpaired) electrons. The largest absolute Gasteiger partial charge is 0.364 e. The van der Waals surface area contributed by atoms with E-state index in [1.54, 1.807) is 6.07 Å². The van der Waals surface area contributed by atoms with E-state index in [1.165, 1.54) is 10.5 Å². The first kappa shape index (κ1) is 23.5. The van der Waals surface area contributed by atoms with E-state index < -0.39 is 0 Å². The van der Waals surface area contributed by atoms with Crippen molar-refractivity contribution in [1.29, 1.82) is 0 Å². The van der Waals surface area contributed by atoms with Crippen molar-refractivity contribution >= 4 is 35.4 Å². The Balaban J connectivity index is 1.87. The first-order valence-electron chi connectivity index (χ1n) is 11.0. The monoisotopic (exact) mass is 491 g/mol. The third-order valence-electron chi connectivity index (χ3n) is 5.80. The minimum Gasteiger partial charge on any atom is -0.364 e. The topological polar surface area (TPSA) is 36.4 Å². The summed E-state index contributed by atoms with van der Waals surface area (Å²) < 4.78 is 10.5. The van der Waals surface area contributed by atoms with Crippen molar-refractivity contribution in [3.05, 3.63) is 62.8 Å². The minimum absolute atomic E-state index is 0.205. The minimum atomic E-state index is 0.205. The lowest BCUT2D eigenvalue weighted by atomic mass is 10.0. The predicted octanol–water partition coefficient (Wildman–Crippen LogP) is 5.15. The predicted molar refractivity (Wildman–Crippen MR) is 133 cm³/mol. The van der Waals surface area contributed by atoms with Crippen LogP contribution in [0.4, 0.5) is 0 Å². The van der Waals surface area contributed by atoms with Gasteiger partial charge in [0.15, 0.2) is 12.5 Å². The summed E-state index contributed by atoms with van der Waals surface area (Å²) in [4.78, 5) is 1.39. The average Bonchev–Trinajstić information content (AvgIpc) is 3.02. The number of ether oxygens (including phenoxy) is 1. The number of aromatic nitrogens is 3. The van der Waals surface area contributed by atoms with Gasteiger partial charge < -0.3 is 9.64 Å². The normalized spacial score (nSPS) is 21.3. The molecule has 2 heterocycles. The number of hydrogen-bond donors (Lipinski definition) is 1. The molecule has 0 aliphatic carbocycles. The van der Waals surface area contributed by atoms with Crippen molar-refractivity contribution in [2.45, 2.75) is 52.5 Å². The second kappa shape index (κ2) is 9.65. The molecule has 32 heavy (non-hydrogen) atoms. The zero-order valence-corrected chi connectivity index (χ0v) is 21.1. The van der Waals surface area contributed by atoms with Crippen molar-refractivity contribution in [2.24, 2.45) is 0 Å². The van der Waals surface area contributed by atoms with Gasteiger partial charge in [-0.2, -0.15) is 4.68 Å². The lowest BCUT2D eigenvalue weighted by Crippen LogP contribution is -3.14. The van der Waals surface area contributed by atoms with Gasteiger partial charge in [0.1, 0.15) is 25.3 Å². The second-order valence-electron chi connectivity index (χ2n) is 8.85. The van der Waals surface area contributed by atoms with E-state index in [0.29, 0.717) is 27.4 Å². The fraction of sp³-hybridized carbons (Fsp3) is 0.417. The summed E-state index contributed by atoms with van der Waals surface area (Å²) in [5.74, 6) is 1.05. The number of benzene rings is 2. The Bertz CT molecular complexity index is 1160. The van der Waals surface area contributed by atoms with Crippen molar-refractivity contribution in [2.75, 3.05) is 13.1 Å². The summed E-state index contributed by atoms with van der Waals surface area (Å²) in [6.07, 6.45) is 0.411. The number of hydrogen-bond acceptors (Lipinski definition) is 3. The van der Waals surface area contributed by atoms with Crippen LogP contribution in [0.1, 0.15) is 39.2 Å². The molecule has 1 N–H and O–H groups in total. The first-order chi connectivity index (χ1) is 15.2. The summed E-state index contributed by atoms with van der Waals surface area (Å²) in [7, 11) is 0. The van der Waals surface area contributed by atoms with Crippen molar-refractivity contribution in [3.8, 4) is 17.1 Å². The van der Waals surface area contributed by atoms with E-state index in [9.17, 15) is 0 Å². The van der Waals surface area contributed by atoms with E-state index in [0.717, 1.165) is 30.2 Å². The molecular formula is C24H29Cl2N4OS+. The Morgan fingerprint density at radius 2 is 1.81 bits per heavy atom. The smallest absolute Gasteiger partial charge is 0.207 e. The van der Waals surface area contributed by atoms with Crippen LogP contribution in [-0.4, -0.2) is 39.6 Å². The number of halogens is 2. The van der Waals surface area contributed by atoms with E-state index in [-0.39, 0.29) is 12.2 Å². The number of nitrogens with one attached hydrogen (secondary N) is 1. The molecule has 0 saturated carbocycles. The third-order valence-corrected chi connectivity index (χ3v) is 6.74. The summed E-state index contributed by atoms with van der Waals surface area (Å²) in [5.41, 5.74) is 3.03. The van der Waals surface area contributed by atoms with Gasteiger partial charge in [0.05, 0.1) is 10.7 Å². The highest BCUT2D eigenvalue weighted by atomic mass is 35.5. The lowest BCUT2D eigenvalue weighted by Gasteiger charge is -2.32. The molecule has 0 amide bonds. The summed E-state index contributed by atoms with van der Waals surface area (Å²) in [5, 5.41) is 6.12. The van der Waals surface area contributed by atoms with Crippen LogP contribution >= 0.6 is 35.4 Å². The van der Waals surface area contributed by atoms with Crippen LogP contribution in [0.25, 0.3) is 17.1 Å². The highest BCUT2D eigenvalue weighted by Crippen LogP contribution is 2.33. The van der Waals surface area contributed by atoms with Gasteiger partial charge >= 0.3 is 0 Å². The van der Waals surface area contributed by atoms with Crippen molar-refractivity contribution in [3.63, 3.8) is 0 Å². The average molecular weight is 492 g/mol. The van der Waals surface area contributed by atoms with Crippen LogP contribution in [0.15, 0.2) is 42.5 Å². The highest BCUT2D eigenvalue weighted by Gasteiger charge is 2.27. The quantitative estimate of drug-likeness (QED) is 0.501. The number of rotatable bonds is 5. The zero-order valence-electron chi connectivity index (χ0n) is 18.8. The molecule has 0 spiro atoms. The van der Waals surface area contributed by atoms with Crippen LogP contribution in [0.2, 0.25) is 10.0 Å². The lowest BCUT2D eigenvalue weighted by molar-refractivity contribution is -0.937. The van der Waals surface area contributed by atoms with Crippen molar-refractivity contribution in [1.82, 2.24) is 14.3 Å². The van der Waals surface area contributed by atoms with E-state index in [1.807, 2.05) is 27.4 Å². The SMILES string of the molecule is CC(C)c1ccccc1-n1c(-c2ccc(Cl)cc2Cl)nn(C[NH+]2C[C@@H](C)O[C@H](C)C2)c1=S. The molecule has 1 aromatic heterocycles. The maximum absolute atomic E-state index is 6.61. The zero-order chi connectivity index (χ0) is 23.0. The van der Waals surface area contributed by atoms with Gasteiger partial charge in [0.25, 0.3) is 0 Å². The van der Waals surface area contributed by atoms with Crippen LogP contribution in [0.5, 0.6) is 0 Å². The van der Waals surface area contributed by atoms with E-state index >= 15 is 0 Å². The summed E-state index contributed by atoms with van der Waals surface area (Å²) >= 11 is 18.8. The molecule has 0 unspecified atom stereocenters. The molecule has 3 aromatic rings. The molecule has 2 aromatic carbocycles. The second-order valence-corrected chi connectivity index (χ2v) is 10.1. The molecular weight excluding hydrogens is 463 g/mol. The number of para-hydroxylation sites is 1. The van der Waals surface area contributed by atoms with Gasteiger partial charge in [-0.1, -0.05) is 55.2 Å². The molecule has 2 atom stereocenters.